The van der Waals surface area contributed by atoms with E-state index in [0.29, 0.717) is 29.4 Å². The summed E-state index contributed by atoms with van der Waals surface area (Å²) in [6, 6.07) is 13.2. The van der Waals surface area contributed by atoms with E-state index in [9.17, 15) is 4.79 Å². The van der Waals surface area contributed by atoms with E-state index in [2.05, 4.69) is 5.32 Å². The van der Waals surface area contributed by atoms with Gasteiger partial charge in [-0.3, -0.25) is 4.79 Å². The lowest BCUT2D eigenvalue weighted by Gasteiger charge is -2.21. The maximum Gasteiger partial charge on any atom is 0.220 e. The van der Waals surface area contributed by atoms with Gasteiger partial charge in [0.1, 0.15) is 11.4 Å². The summed E-state index contributed by atoms with van der Waals surface area (Å²) in [5, 5.41) is 3.89. The third kappa shape index (κ3) is 6.97. The molecule has 0 aliphatic rings. The number of carbonyl (C=O) groups is 1. The van der Waals surface area contributed by atoms with Gasteiger partial charge in [0.15, 0.2) is 0 Å². The van der Waals surface area contributed by atoms with Crippen LogP contribution in [-0.4, -0.2) is 11.5 Å². The van der Waals surface area contributed by atoms with Crippen molar-refractivity contribution in [2.75, 3.05) is 0 Å². The third-order valence-electron chi connectivity index (χ3n) is 3.46. The molecule has 0 bridgehead atoms. The molecule has 0 fully saturated rings. The summed E-state index contributed by atoms with van der Waals surface area (Å²) in [6.45, 7) is 6.48. The molecule has 3 nitrogen and oxygen atoms in total. The van der Waals surface area contributed by atoms with Crippen molar-refractivity contribution in [3.8, 4) is 5.75 Å². The van der Waals surface area contributed by atoms with Crippen molar-refractivity contribution in [3.05, 3.63) is 63.6 Å². The lowest BCUT2D eigenvalue weighted by molar-refractivity contribution is -0.121. The minimum absolute atomic E-state index is 0.00101. The number of hydrogen-bond donors (Lipinski definition) is 1. The van der Waals surface area contributed by atoms with E-state index in [-0.39, 0.29) is 11.5 Å². The largest absolute Gasteiger partial charge is 0.488 e. The van der Waals surface area contributed by atoms with E-state index in [1.54, 1.807) is 12.1 Å². The molecule has 0 spiro atoms. The van der Waals surface area contributed by atoms with Crippen molar-refractivity contribution >= 4 is 29.1 Å². The van der Waals surface area contributed by atoms with Crippen molar-refractivity contribution in [3.63, 3.8) is 0 Å². The summed E-state index contributed by atoms with van der Waals surface area (Å²) in [7, 11) is 0. The Bertz CT molecular complexity index is 721. The molecule has 0 aromatic heterocycles. The lowest BCUT2D eigenvalue weighted by atomic mass is 10.1. The van der Waals surface area contributed by atoms with Crippen LogP contribution in [0.2, 0.25) is 10.0 Å². The van der Waals surface area contributed by atoms with Crippen LogP contribution in [-0.2, 0) is 17.8 Å². The number of rotatable bonds is 6. The first kappa shape index (κ1) is 19.6. The smallest absolute Gasteiger partial charge is 0.220 e. The third-order valence-corrected chi connectivity index (χ3v) is 4.20. The molecule has 134 valence electrons. The van der Waals surface area contributed by atoms with Crippen LogP contribution in [0.4, 0.5) is 0 Å². The van der Waals surface area contributed by atoms with Crippen LogP contribution < -0.4 is 10.1 Å². The van der Waals surface area contributed by atoms with Gasteiger partial charge in [-0.2, -0.15) is 0 Å². The molecule has 1 amide bonds. The van der Waals surface area contributed by atoms with Crippen molar-refractivity contribution < 1.29 is 9.53 Å². The molecule has 2 aromatic carbocycles. The Morgan fingerprint density at radius 3 is 2.24 bits per heavy atom. The van der Waals surface area contributed by atoms with Crippen LogP contribution in [0.15, 0.2) is 42.5 Å². The van der Waals surface area contributed by atoms with Crippen LogP contribution in [0.5, 0.6) is 5.75 Å². The number of benzene rings is 2. The molecule has 2 aromatic rings. The van der Waals surface area contributed by atoms with E-state index in [1.165, 1.54) is 0 Å². The standard InChI is InChI=1S/C20H23Cl2NO2/c1-20(2,3)25-16-8-4-14(5-9-16)7-11-19(24)23-13-15-6-10-17(21)18(22)12-15/h4-6,8-10,12H,7,11,13H2,1-3H3,(H,23,24). The highest BCUT2D eigenvalue weighted by Crippen LogP contribution is 2.22. The molecule has 5 heteroatoms. The summed E-state index contributed by atoms with van der Waals surface area (Å²) in [4.78, 5) is 12.0. The molecule has 1 N–H and O–H groups in total. The molecule has 0 saturated heterocycles. The highest BCUT2D eigenvalue weighted by atomic mass is 35.5. The SMILES string of the molecule is CC(C)(C)Oc1ccc(CCC(=O)NCc2ccc(Cl)c(Cl)c2)cc1. The Balaban J connectivity index is 1.78. The number of aryl methyl sites for hydroxylation is 1. The first-order valence-corrected chi connectivity index (χ1v) is 8.97. The van der Waals surface area contributed by atoms with Gasteiger partial charge < -0.3 is 10.1 Å². The molecule has 0 aliphatic carbocycles. The normalized spacial score (nSPS) is 11.2. The zero-order valence-electron chi connectivity index (χ0n) is 14.7. The molecule has 0 heterocycles. The monoisotopic (exact) mass is 379 g/mol. The minimum Gasteiger partial charge on any atom is -0.488 e. The van der Waals surface area contributed by atoms with E-state index < -0.39 is 0 Å². The molecular weight excluding hydrogens is 357 g/mol. The van der Waals surface area contributed by atoms with Crippen molar-refractivity contribution in [2.24, 2.45) is 0 Å². The summed E-state index contributed by atoms with van der Waals surface area (Å²) >= 11 is 11.8. The quantitative estimate of drug-likeness (QED) is 0.727. The maximum absolute atomic E-state index is 12.0. The Labute approximate surface area is 159 Å². The predicted octanol–water partition coefficient (Wildman–Crippen LogP) is 5.42. The number of ether oxygens (including phenoxy) is 1. The number of halogens is 2. The van der Waals surface area contributed by atoms with Crippen molar-refractivity contribution in [1.29, 1.82) is 0 Å². The lowest BCUT2D eigenvalue weighted by Crippen LogP contribution is -2.23. The van der Waals surface area contributed by atoms with Crippen LogP contribution in [0.3, 0.4) is 0 Å². The van der Waals surface area contributed by atoms with Gasteiger partial charge in [-0.15, -0.1) is 0 Å². The van der Waals surface area contributed by atoms with Crippen molar-refractivity contribution in [1.82, 2.24) is 5.32 Å². The number of nitrogens with one attached hydrogen (secondary N) is 1. The first-order chi connectivity index (χ1) is 11.7. The molecule has 0 radical (unpaired) electrons. The van der Waals surface area contributed by atoms with Gasteiger partial charge in [-0.05, 0) is 62.6 Å². The second kappa shape index (κ2) is 8.59. The molecule has 25 heavy (non-hydrogen) atoms. The van der Waals surface area contributed by atoms with Gasteiger partial charge in [0.2, 0.25) is 5.91 Å². The fourth-order valence-electron chi connectivity index (χ4n) is 2.27. The highest BCUT2D eigenvalue weighted by molar-refractivity contribution is 6.42. The van der Waals surface area contributed by atoms with Gasteiger partial charge >= 0.3 is 0 Å². The Morgan fingerprint density at radius 2 is 1.64 bits per heavy atom. The van der Waals surface area contributed by atoms with Crippen LogP contribution in [0, 0.1) is 0 Å². The van der Waals surface area contributed by atoms with Gasteiger partial charge in [0.25, 0.3) is 0 Å². The minimum atomic E-state index is -0.216. The van der Waals surface area contributed by atoms with Crippen molar-refractivity contribution in [2.45, 2.75) is 45.8 Å². The van der Waals surface area contributed by atoms with Gasteiger partial charge in [0, 0.05) is 13.0 Å². The molecule has 0 saturated carbocycles. The van der Waals surface area contributed by atoms with Crippen LogP contribution in [0.1, 0.15) is 38.3 Å². The second-order valence-corrected chi connectivity index (χ2v) is 7.70. The zero-order valence-corrected chi connectivity index (χ0v) is 16.2. The number of hydrogen-bond acceptors (Lipinski definition) is 2. The average Bonchev–Trinajstić information content (AvgIpc) is 2.54. The summed E-state index contributed by atoms with van der Waals surface area (Å²) in [6.07, 6.45) is 1.11. The van der Waals surface area contributed by atoms with Gasteiger partial charge in [-0.25, -0.2) is 0 Å². The topological polar surface area (TPSA) is 38.3 Å². The van der Waals surface area contributed by atoms with Gasteiger partial charge in [-0.1, -0.05) is 41.4 Å². The van der Waals surface area contributed by atoms with E-state index in [1.807, 2.05) is 51.1 Å². The van der Waals surface area contributed by atoms with E-state index in [4.69, 9.17) is 27.9 Å². The highest BCUT2D eigenvalue weighted by Gasteiger charge is 2.11. The maximum atomic E-state index is 12.0. The molecule has 2 rings (SSSR count). The molecule has 0 aliphatic heterocycles. The number of amides is 1. The molecular formula is C20H23Cl2NO2. The first-order valence-electron chi connectivity index (χ1n) is 8.21. The van der Waals surface area contributed by atoms with E-state index >= 15 is 0 Å². The van der Waals surface area contributed by atoms with E-state index in [0.717, 1.165) is 16.9 Å². The van der Waals surface area contributed by atoms with Crippen LogP contribution >= 0.6 is 23.2 Å². The van der Waals surface area contributed by atoms with Gasteiger partial charge in [0.05, 0.1) is 10.0 Å². The molecule has 0 unspecified atom stereocenters. The Hall–Kier alpha value is -1.71. The Kier molecular flexibility index (Phi) is 6.74. The zero-order chi connectivity index (χ0) is 18.4. The second-order valence-electron chi connectivity index (χ2n) is 6.88. The molecule has 0 atom stereocenters. The fourth-order valence-corrected chi connectivity index (χ4v) is 2.59. The fraction of sp³-hybridized carbons (Fsp3) is 0.350. The average molecular weight is 380 g/mol. The Morgan fingerprint density at radius 1 is 1.00 bits per heavy atom. The predicted molar refractivity (Wildman–Crippen MR) is 103 cm³/mol. The number of carbonyl (C=O) groups excluding carboxylic acids is 1. The van der Waals surface area contributed by atoms with Crippen LogP contribution in [0.25, 0.3) is 0 Å². The summed E-state index contributed by atoms with van der Waals surface area (Å²) in [5.41, 5.74) is 1.81. The summed E-state index contributed by atoms with van der Waals surface area (Å²) < 4.78 is 5.79. The summed E-state index contributed by atoms with van der Waals surface area (Å²) in [5.74, 6) is 0.835.